The number of nitrogens with one attached hydrogen (secondary N) is 2. The van der Waals surface area contributed by atoms with E-state index < -0.39 is 71.3 Å². The quantitative estimate of drug-likeness (QED) is 0.0429. The van der Waals surface area contributed by atoms with Crippen LogP contribution in [0.1, 0.15) is 106 Å². The number of amides is 3. The van der Waals surface area contributed by atoms with Crippen molar-refractivity contribution in [3.63, 3.8) is 0 Å². The van der Waals surface area contributed by atoms with Crippen molar-refractivity contribution in [3.8, 4) is 28.6 Å². The Morgan fingerprint density at radius 3 is 2.27 bits per heavy atom. The molecule has 1 saturated heterocycles. The lowest BCUT2D eigenvalue weighted by atomic mass is 9.86. The van der Waals surface area contributed by atoms with Crippen LogP contribution in [0, 0.1) is 0 Å². The van der Waals surface area contributed by atoms with Gasteiger partial charge in [-0.15, -0.1) is 0 Å². The van der Waals surface area contributed by atoms with E-state index in [1.165, 1.54) is 26.2 Å². The Labute approximate surface area is 473 Å². The summed E-state index contributed by atoms with van der Waals surface area (Å²) < 4.78 is 68.6. The predicted molar refractivity (Wildman–Crippen MR) is 288 cm³/mol. The van der Waals surface area contributed by atoms with E-state index in [0.29, 0.717) is 58.1 Å². The van der Waals surface area contributed by atoms with Gasteiger partial charge in [-0.3, -0.25) is 14.4 Å². The van der Waals surface area contributed by atoms with Crippen LogP contribution in [0.4, 0.5) is 9.59 Å². The molecule has 25 nitrogen and oxygen atoms in total. The van der Waals surface area contributed by atoms with Crippen molar-refractivity contribution < 1.29 is 90.7 Å². The summed E-state index contributed by atoms with van der Waals surface area (Å²) >= 11 is 0. The van der Waals surface area contributed by atoms with Gasteiger partial charge < -0.3 is 82.0 Å². The average Bonchev–Trinajstić information content (AvgIpc) is 1.94. The van der Waals surface area contributed by atoms with E-state index >= 15 is 0 Å². The average molecular weight is 1150 g/mol. The number of nitrogens with zero attached hydrogens (tertiary/aromatic N) is 3. The summed E-state index contributed by atoms with van der Waals surface area (Å²) in [5, 5.41) is 17.6. The third-order valence-electron chi connectivity index (χ3n) is 13.9. The van der Waals surface area contributed by atoms with E-state index in [1.54, 1.807) is 55.4 Å². The van der Waals surface area contributed by atoms with E-state index in [2.05, 4.69) is 10.6 Å². The topological polar surface area (TPSA) is 296 Å². The molecular formula is C57H71N5O20. The molecule has 3 amide bonds. The Hall–Kier alpha value is -7.58. The molecule has 0 bridgehead atoms. The maximum Gasteiger partial charge on any atom is 0.410 e. The minimum absolute atomic E-state index is 0.0158. The van der Waals surface area contributed by atoms with Gasteiger partial charge in [0.15, 0.2) is 23.2 Å². The van der Waals surface area contributed by atoms with Gasteiger partial charge in [0.2, 0.25) is 13.1 Å². The highest BCUT2D eigenvalue weighted by molar-refractivity contribution is 5.97. The molecule has 444 valence electrons. The molecule has 0 spiro atoms. The fourth-order valence-corrected chi connectivity index (χ4v) is 9.89. The number of aromatic nitrogens is 2. The molecule has 1 fully saturated rings. The van der Waals surface area contributed by atoms with Crippen molar-refractivity contribution in [3.05, 3.63) is 80.1 Å². The van der Waals surface area contributed by atoms with Crippen LogP contribution in [-0.2, 0) is 88.8 Å². The number of rotatable bonds is 24. The smallest absolute Gasteiger partial charge is 0.410 e. The maximum absolute atomic E-state index is 14.2. The number of esters is 3. The molecule has 8 rings (SSSR count). The summed E-state index contributed by atoms with van der Waals surface area (Å²) in [5.74, 6) is -1.63. The number of aliphatic hydroxyl groups is 1. The molecule has 4 aromatic rings. The number of benzene rings is 2. The SMILES string of the molecule is CC[C@@]1(O)C(=O)OCc2c1cc1n(c2=O)Cc2c-1nc1cc3c(cc1c2CCN(C(=O)OCc1ccc(O[C@H]2C[C@@H](OC(C)=O)C[C@@H](C(=O)OC)O2)c(C(=O)NCCOCCOCCOCCNC(=O)OC(C)(C)C)c1)C(C)C)OCO3. The van der Waals surface area contributed by atoms with Crippen molar-refractivity contribution in [2.24, 2.45) is 0 Å². The first-order chi connectivity index (χ1) is 39.2. The second kappa shape index (κ2) is 26.6. The van der Waals surface area contributed by atoms with Gasteiger partial charge in [-0.05, 0) is 82.9 Å². The molecular weight excluding hydrogens is 1070 g/mol. The molecule has 4 atom stereocenters. The van der Waals surface area contributed by atoms with Crippen LogP contribution in [0.2, 0.25) is 0 Å². The van der Waals surface area contributed by atoms with E-state index in [0.717, 1.165) is 5.56 Å². The van der Waals surface area contributed by atoms with Crippen molar-refractivity contribution in [1.82, 2.24) is 25.1 Å². The zero-order chi connectivity index (χ0) is 58.9. The zero-order valence-electron chi connectivity index (χ0n) is 47.3. The number of hydrogen-bond donors (Lipinski definition) is 3. The summed E-state index contributed by atoms with van der Waals surface area (Å²) in [6.07, 6.45) is -3.91. The molecule has 4 aliphatic rings. The minimum Gasteiger partial charge on any atom is -0.467 e. The molecule has 0 saturated carbocycles. The number of hydrogen-bond acceptors (Lipinski definition) is 21. The van der Waals surface area contributed by atoms with E-state index in [1.807, 2.05) is 19.9 Å². The lowest BCUT2D eigenvalue weighted by Crippen LogP contribution is -2.44. The van der Waals surface area contributed by atoms with Gasteiger partial charge in [0.25, 0.3) is 11.5 Å². The highest BCUT2D eigenvalue weighted by atomic mass is 16.7. The predicted octanol–water partition coefficient (Wildman–Crippen LogP) is 4.69. The summed E-state index contributed by atoms with van der Waals surface area (Å²) in [6.45, 7) is 13.4. The number of carbonyl (C=O) groups excluding carboxylic acids is 6. The first-order valence-corrected chi connectivity index (χ1v) is 27.2. The maximum atomic E-state index is 14.2. The van der Waals surface area contributed by atoms with Crippen molar-refractivity contribution >= 4 is 46.9 Å². The van der Waals surface area contributed by atoms with Crippen LogP contribution in [-0.4, -0.2) is 159 Å². The third-order valence-corrected chi connectivity index (χ3v) is 13.9. The Morgan fingerprint density at radius 2 is 1.60 bits per heavy atom. The summed E-state index contributed by atoms with van der Waals surface area (Å²) in [5.41, 5.74) is 0.722. The second-order valence-corrected chi connectivity index (χ2v) is 21.1. The monoisotopic (exact) mass is 1150 g/mol. The van der Waals surface area contributed by atoms with Gasteiger partial charge in [-0.25, -0.2) is 24.2 Å². The first-order valence-electron chi connectivity index (χ1n) is 27.2. The lowest BCUT2D eigenvalue weighted by Gasteiger charge is -2.33. The molecule has 0 radical (unpaired) electrons. The zero-order valence-corrected chi connectivity index (χ0v) is 47.3. The Bertz CT molecular complexity index is 3100. The summed E-state index contributed by atoms with van der Waals surface area (Å²) in [6, 6.07) is 9.48. The van der Waals surface area contributed by atoms with Gasteiger partial charge in [-0.1, -0.05) is 13.0 Å². The highest BCUT2D eigenvalue weighted by Gasteiger charge is 2.46. The number of ether oxygens (including phenoxy) is 12. The highest BCUT2D eigenvalue weighted by Crippen LogP contribution is 2.43. The fraction of sp³-hybridized carbons (Fsp3) is 0.544. The van der Waals surface area contributed by atoms with E-state index in [-0.39, 0.29) is 127 Å². The molecule has 2 aromatic heterocycles. The molecule has 6 heterocycles. The third kappa shape index (κ3) is 14.4. The van der Waals surface area contributed by atoms with Crippen molar-refractivity contribution in [2.75, 3.05) is 73.2 Å². The van der Waals surface area contributed by atoms with Crippen LogP contribution >= 0.6 is 0 Å². The lowest BCUT2D eigenvalue weighted by molar-refractivity contribution is -0.204. The fourth-order valence-electron chi connectivity index (χ4n) is 9.89. The normalized spacial score (nSPS) is 18.7. The number of cyclic esters (lactones) is 1. The summed E-state index contributed by atoms with van der Waals surface area (Å²) in [4.78, 5) is 98.1. The molecule has 3 N–H and O–H groups in total. The number of pyridine rings is 2. The minimum atomic E-state index is -2.02. The molecule has 0 aliphatic carbocycles. The van der Waals surface area contributed by atoms with Gasteiger partial charge >= 0.3 is 30.1 Å². The molecule has 4 aliphatic heterocycles. The van der Waals surface area contributed by atoms with E-state index in [9.17, 15) is 38.7 Å². The van der Waals surface area contributed by atoms with Gasteiger partial charge in [0, 0.05) is 68.0 Å². The summed E-state index contributed by atoms with van der Waals surface area (Å²) in [7, 11) is 1.20. The molecule has 82 heavy (non-hydrogen) atoms. The molecule has 0 unspecified atom stereocenters. The van der Waals surface area contributed by atoms with Crippen molar-refractivity contribution in [2.45, 2.75) is 130 Å². The van der Waals surface area contributed by atoms with Crippen LogP contribution in [0.25, 0.3) is 22.3 Å². The van der Waals surface area contributed by atoms with Crippen LogP contribution in [0.3, 0.4) is 0 Å². The van der Waals surface area contributed by atoms with Gasteiger partial charge in [-0.2, -0.15) is 0 Å². The molecule has 2 aromatic carbocycles. The second-order valence-electron chi connectivity index (χ2n) is 21.1. The number of alkyl carbamates (subject to hydrolysis) is 1. The van der Waals surface area contributed by atoms with Crippen molar-refractivity contribution in [1.29, 1.82) is 0 Å². The Balaban J connectivity index is 0.937. The number of methoxy groups -OCH3 is 1. The number of carbonyl (C=O) groups is 6. The van der Waals surface area contributed by atoms with Gasteiger partial charge in [0.05, 0.1) is 81.3 Å². The van der Waals surface area contributed by atoms with Crippen LogP contribution in [0.5, 0.6) is 17.2 Å². The van der Waals surface area contributed by atoms with E-state index in [4.69, 9.17) is 61.8 Å². The Kier molecular flexibility index (Phi) is 19.6. The number of fused-ring (bicyclic) bond motifs is 6. The van der Waals surface area contributed by atoms with Gasteiger partial charge in [0.1, 0.15) is 30.7 Å². The van der Waals surface area contributed by atoms with Crippen LogP contribution < -0.4 is 30.4 Å². The Morgan fingerprint density at radius 1 is 0.902 bits per heavy atom. The van der Waals surface area contributed by atoms with Crippen LogP contribution in [0.15, 0.2) is 41.2 Å². The molecule has 25 heteroatoms. The largest absolute Gasteiger partial charge is 0.467 e. The first kappa shape index (κ1) is 60.5. The standard InChI is InChI=1S/C57H71N5O20/c1-9-57(70)41-26-43-49-39(28-62(43)51(65)40(41)30-75-53(57)67)36(37-25-45-46(78-31-77-45)27-42(37)60-49)12-15-61(32(2)3)55(69)76-29-34-10-11-44(80-48-24-35(79-33(4)63)23-47(81-48)52(66)71-8)38(22-34)50(64)58-13-16-72-18-20-74-21-19-73-17-14-59-54(68)82-56(5,6)7/h10-11,22,25-27,32,35,47-48,70H,9,12-21,23-24,28-31H2,1-8H3,(H,58,64)(H,59,68)/t35-,47-,48+,57-/m0/s1.